The quantitative estimate of drug-likeness (QED) is 0.429. The largest absolute Gasteiger partial charge is 0.480 e. The van der Waals surface area contributed by atoms with Crippen LogP contribution in [-0.2, 0) is 11.3 Å². The maximum absolute atomic E-state index is 13.4. The van der Waals surface area contributed by atoms with Crippen LogP contribution in [0.4, 0.5) is 0 Å². The van der Waals surface area contributed by atoms with Crippen LogP contribution in [0.3, 0.4) is 0 Å². The number of nitrogens with zero attached hydrogens (tertiary/aromatic N) is 5. The third kappa shape index (κ3) is 5.47. The number of aromatic nitrogens is 3. The van der Waals surface area contributed by atoms with Crippen LogP contribution in [0.1, 0.15) is 59.8 Å². The number of carbonyl (C=O) groups excluding carboxylic acids is 2. The van der Waals surface area contributed by atoms with Gasteiger partial charge >= 0.3 is 5.97 Å². The lowest BCUT2D eigenvalue weighted by atomic mass is 10.0. The van der Waals surface area contributed by atoms with Gasteiger partial charge in [-0.05, 0) is 45.2 Å². The van der Waals surface area contributed by atoms with Gasteiger partial charge in [-0.15, -0.1) is 11.3 Å². The molecule has 13 heteroatoms. The summed E-state index contributed by atoms with van der Waals surface area (Å²) in [5.74, 6) is -1.38. The Morgan fingerprint density at radius 3 is 2.55 bits per heavy atom. The van der Waals surface area contributed by atoms with Gasteiger partial charge in [0.2, 0.25) is 0 Å². The summed E-state index contributed by atoms with van der Waals surface area (Å²) in [4.78, 5) is 42.3. The first-order valence-electron chi connectivity index (χ1n) is 12.6. The Morgan fingerprint density at radius 1 is 1.18 bits per heavy atom. The molecular formula is C25H29ClN6O5S. The van der Waals surface area contributed by atoms with Gasteiger partial charge in [-0.2, -0.15) is 5.10 Å². The van der Waals surface area contributed by atoms with E-state index in [1.807, 2.05) is 6.07 Å². The molecule has 0 saturated carbocycles. The second kappa shape index (κ2) is 10.9. The standard InChI is InChI=1S/C25H29ClN6O5S/c1-14(2)30-8-5-15(6-9-30)27-23(33)19-12-17(24(34)31-10-7-18(31)25(35)36)28-32(19)13-16-11-20(37-29-16)21-3-4-22(26)38-21/h3-4,11-12,14-15,18H,5-10,13H2,1-2H3,(H,27,33)(H,35,36). The number of hydrogen-bond donors (Lipinski definition) is 2. The number of carboxylic acids is 1. The number of hydrogen-bond acceptors (Lipinski definition) is 8. The highest BCUT2D eigenvalue weighted by molar-refractivity contribution is 7.19. The first kappa shape index (κ1) is 26.4. The highest BCUT2D eigenvalue weighted by atomic mass is 35.5. The summed E-state index contributed by atoms with van der Waals surface area (Å²) >= 11 is 7.39. The van der Waals surface area contributed by atoms with Gasteiger partial charge in [0.1, 0.15) is 17.4 Å². The Labute approximate surface area is 228 Å². The average Bonchev–Trinajstić information content (AvgIpc) is 3.58. The van der Waals surface area contributed by atoms with Crippen LogP contribution in [-0.4, -0.2) is 85.4 Å². The topological polar surface area (TPSA) is 134 Å². The van der Waals surface area contributed by atoms with Gasteiger partial charge in [0.05, 0.1) is 15.8 Å². The molecule has 2 aliphatic rings. The number of piperidine rings is 1. The van der Waals surface area contributed by atoms with E-state index in [-0.39, 0.29) is 29.9 Å². The van der Waals surface area contributed by atoms with Gasteiger partial charge in [0, 0.05) is 43.9 Å². The molecular weight excluding hydrogens is 532 g/mol. The lowest BCUT2D eigenvalue weighted by Gasteiger charge is -2.37. The highest BCUT2D eigenvalue weighted by Gasteiger charge is 2.39. The van der Waals surface area contributed by atoms with Gasteiger partial charge in [-0.25, -0.2) is 4.79 Å². The average molecular weight is 561 g/mol. The van der Waals surface area contributed by atoms with Gasteiger partial charge in [0.25, 0.3) is 11.8 Å². The van der Waals surface area contributed by atoms with Crippen molar-refractivity contribution in [1.29, 1.82) is 0 Å². The van der Waals surface area contributed by atoms with Crippen LogP contribution in [0.5, 0.6) is 0 Å². The molecule has 11 nitrogen and oxygen atoms in total. The molecule has 1 atom stereocenters. The zero-order valence-electron chi connectivity index (χ0n) is 21.1. The zero-order valence-corrected chi connectivity index (χ0v) is 22.7. The van der Waals surface area contributed by atoms with Crippen molar-refractivity contribution in [3.63, 3.8) is 0 Å². The van der Waals surface area contributed by atoms with Crippen molar-refractivity contribution in [2.75, 3.05) is 19.6 Å². The molecule has 5 heterocycles. The molecule has 0 aromatic carbocycles. The van der Waals surface area contributed by atoms with E-state index in [4.69, 9.17) is 16.1 Å². The molecule has 0 spiro atoms. The SMILES string of the molecule is CC(C)N1CCC(NC(=O)c2cc(C(=O)N3CCC3C(=O)O)nn2Cc2cc(-c3ccc(Cl)s3)on2)CC1. The number of carbonyl (C=O) groups is 3. The van der Waals surface area contributed by atoms with Crippen molar-refractivity contribution in [3.05, 3.63) is 45.7 Å². The molecule has 2 N–H and O–H groups in total. The Kier molecular flexibility index (Phi) is 7.55. The summed E-state index contributed by atoms with van der Waals surface area (Å²) in [7, 11) is 0. The fraction of sp³-hybridized carbons (Fsp3) is 0.480. The minimum absolute atomic E-state index is 0.00834. The molecule has 0 bridgehead atoms. The molecule has 38 heavy (non-hydrogen) atoms. The number of aliphatic carboxylic acids is 1. The summed E-state index contributed by atoms with van der Waals surface area (Å²) < 4.78 is 7.51. The second-order valence-corrected chi connectivity index (χ2v) is 11.6. The van der Waals surface area contributed by atoms with Crippen molar-refractivity contribution in [2.24, 2.45) is 0 Å². The molecule has 2 amide bonds. The Morgan fingerprint density at radius 2 is 1.95 bits per heavy atom. The van der Waals surface area contributed by atoms with Crippen LogP contribution in [0, 0.1) is 0 Å². The monoisotopic (exact) mass is 560 g/mol. The van der Waals surface area contributed by atoms with Crippen LogP contribution >= 0.6 is 22.9 Å². The number of halogens is 1. The highest BCUT2D eigenvalue weighted by Crippen LogP contribution is 2.31. The van der Waals surface area contributed by atoms with E-state index >= 15 is 0 Å². The number of likely N-dealkylation sites (tertiary alicyclic amines) is 2. The van der Waals surface area contributed by atoms with Crippen molar-refractivity contribution < 1.29 is 24.0 Å². The molecule has 2 saturated heterocycles. The molecule has 3 aromatic heterocycles. The van der Waals surface area contributed by atoms with Crippen molar-refractivity contribution in [3.8, 4) is 10.6 Å². The predicted molar refractivity (Wildman–Crippen MR) is 140 cm³/mol. The molecule has 2 fully saturated rings. The maximum atomic E-state index is 13.4. The first-order chi connectivity index (χ1) is 18.2. The third-order valence-corrected chi connectivity index (χ3v) is 8.32. The van der Waals surface area contributed by atoms with Crippen LogP contribution in [0.25, 0.3) is 10.6 Å². The summed E-state index contributed by atoms with van der Waals surface area (Å²) in [5, 5.41) is 21.0. The number of carboxylic acid groups (broad SMARTS) is 1. The van der Waals surface area contributed by atoms with Crippen molar-refractivity contribution in [2.45, 2.75) is 57.8 Å². The fourth-order valence-corrected chi connectivity index (χ4v) is 5.77. The summed E-state index contributed by atoms with van der Waals surface area (Å²) in [6.45, 7) is 6.52. The normalized spacial score (nSPS) is 18.5. The molecule has 202 valence electrons. The molecule has 0 aliphatic carbocycles. The van der Waals surface area contributed by atoms with Gasteiger partial charge in [-0.1, -0.05) is 16.8 Å². The smallest absolute Gasteiger partial charge is 0.326 e. The molecule has 3 aromatic rings. The van der Waals surface area contributed by atoms with E-state index in [2.05, 4.69) is 34.3 Å². The van der Waals surface area contributed by atoms with E-state index in [0.29, 0.717) is 34.8 Å². The third-order valence-electron chi connectivity index (χ3n) is 7.08. The summed E-state index contributed by atoms with van der Waals surface area (Å²) in [6, 6.07) is 6.35. The minimum atomic E-state index is -1.06. The van der Waals surface area contributed by atoms with Gasteiger partial charge in [-0.3, -0.25) is 14.3 Å². The lowest BCUT2D eigenvalue weighted by Crippen LogP contribution is -2.55. The van der Waals surface area contributed by atoms with E-state index in [1.165, 1.54) is 27.0 Å². The van der Waals surface area contributed by atoms with Crippen LogP contribution < -0.4 is 5.32 Å². The van der Waals surface area contributed by atoms with E-state index in [1.54, 1.807) is 12.1 Å². The number of rotatable bonds is 8. The molecule has 2 aliphatic heterocycles. The number of amides is 2. The Balaban J connectivity index is 1.37. The van der Waals surface area contributed by atoms with E-state index < -0.39 is 17.9 Å². The maximum Gasteiger partial charge on any atom is 0.326 e. The minimum Gasteiger partial charge on any atom is -0.480 e. The van der Waals surface area contributed by atoms with Gasteiger partial charge < -0.3 is 24.7 Å². The molecule has 1 unspecified atom stereocenters. The fourth-order valence-electron chi connectivity index (χ4n) is 4.78. The van der Waals surface area contributed by atoms with Crippen LogP contribution in [0.2, 0.25) is 4.34 Å². The Bertz CT molecular complexity index is 1340. The second-order valence-electron chi connectivity index (χ2n) is 9.88. The lowest BCUT2D eigenvalue weighted by molar-refractivity contribution is -0.146. The molecule has 5 rings (SSSR count). The molecule has 0 radical (unpaired) electrons. The Hall–Kier alpha value is -3.22. The van der Waals surface area contributed by atoms with Crippen molar-refractivity contribution in [1.82, 2.24) is 30.1 Å². The number of nitrogens with one attached hydrogen (secondary N) is 1. The predicted octanol–water partition coefficient (Wildman–Crippen LogP) is 3.20. The summed E-state index contributed by atoms with van der Waals surface area (Å²) in [5.41, 5.74) is 0.735. The summed E-state index contributed by atoms with van der Waals surface area (Å²) in [6.07, 6.45) is 2.04. The number of thiophene rings is 1. The first-order valence-corrected chi connectivity index (χ1v) is 13.8. The van der Waals surface area contributed by atoms with Crippen molar-refractivity contribution >= 4 is 40.7 Å². The van der Waals surface area contributed by atoms with Crippen LogP contribution in [0.15, 0.2) is 28.8 Å². The van der Waals surface area contributed by atoms with E-state index in [0.717, 1.165) is 30.8 Å². The van der Waals surface area contributed by atoms with E-state index in [9.17, 15) is 19.5 Å². The zero-order chi connectivity index (χ0) is 27.0. The van der Waals surface area contributed by atoms with Gasteiger partial charge in [0.15, 0.2) is 11.5 Å².